The number of rotatable bonds is 5. The van der Waals surface area contributed by atoms with E-state index in [1.54, 1.807) is 13.3 Å². The Kier molecular flexibility index (Phi) is 4.35. The Balaban J connectivity index is 1.44. The van der Waals surface area contributed by atoms with E-state index in [1.165, 1.54) is 5.56 Å². The summed E-state index contributed by atoms with van der Waals surface area (Å²) < 4.78 is 11.3. The first-order valence-electron chi connectivity index (χ1n) is 8.30. The fourth-order valence-corrected chi connectivity index (χ4v) is 3.15. The van der Waals surface area contributed by atoms with Crippen molar-refractivity contribution in [1.29, 1.82) is 0 Å². The molecule has 3 aromatic rings. The molecule has 0 aliphatic carbocycles. The average Bonchev–Trinajstić information content (AvgIpc) is 3.15. The van der Waals surface area contributed by atoms with Gasteiger partial charge in [0.25, 0.3) is 0 Å². The van der Waals surface area contributed by atoms with Crippen LogP contribution in [0.25, 0.3) is 11.3 Å². The lowest BCUT2D eigenvalue weighted by Crippen LogP contribution is -2.39. The Bertz CT molecular complexity index is 848. The molecule has 1 atom stereocenters. The van der Waals surface area contributed by atoms with Crippen molar-refractivity contribution in [3.8, 4) is 22.8 Å². The van der Waals surface area contributed by atoms with Gasteiger partial charge in [0, 0.05) is 36.1 Å². The van der Waals surface area contributed by atoms with E-state index in [0.717, 1.165) is 34.7 Å². The Hall–Kier alpha value is -2.86. The summed E-state index contributed by atoms with van der Waals surface area (Å²) in [6, 6.07) is 10.2. The zero-order valence-electron chi connectivity index (χ0n) is 14.0. The van der Waals surface area contributed by atoms with Crippen molar-refractivity contribution in [2.45, 2.75) is 19.0 Å². The molecule has 0 spiro atoms. The van der Waals surface area contributed by atoms with Gasteiger partial charge in [0.2, 0.25) is 0 Å². The summed E-state index contributed by atoms with van der Waals surface area (Å²) in [6.45, 7) is 1.33. The highest BCUT2D eigenvalue weighted by atomic mass is 16.5. The van der Waals surface area contributed by atoms with E-state index in [0.29, 0.717) is 13.2 Å². The molecule has 0 amide bonds. The molecule has 0 fully saturated rings. The molecule has 4 rings (SSSR count). The van der Waals surface area contributed by atoms with Crippen LogP contribution >= 0.6 is 0 Å². The quantitative estimate of drug-likeness (QED) is 0.749. The maximum atomic E-state index is 5.92. The summed E-state index contributed by atoms with van der Waals surface area (Å²) in [5, 5.41) is 10.8. The summed E-state index contributed by atoms with van der Waals surface area (Å²) in [4.78, 5) is 4.17. The Morgan fingerprint density at radius 1 is 1.28 bits per heavy atom. The van der Waals surface area contributed by atoms with Crippen LogP contribution in [0.3, 0.4) is 0 Å². The van der Waals surface area contributed by atoms with Crippen LogP contribution in [-0.4, -0.2) is 34.9 Å². The maximum Gasteiger partial charge on any atom is 0.164 e. The molecule has 0 unspecified atom stereocenters. The maximum absolute atomic E-state index is 5.92. The second kappa shape index (κ2) is 6.94. The lowest BCUT2D eigenvalue weighted by Gasteiger charge is -2.27. The van der Waals surface area contributed by atoms with Gasteiger partial charge in [-0.2, -0.15) is 5.10 Å². The van der Waals surface area contributed by atoms with E-state index in [9.17, 15) is 0 Å². The molecule has 1 aliphatic heterocycles. The second-order valence-electron chi connectivity index (χ2n) is 6.05. The van der Waals surface area contributed by atoms with Crippen LogP contribution in [0.2, 0.25) is 0 Å². The summed E-state index contributed by atoms with van der Waals surface area (Å²) in [5.41, 5.74) is 4.32. The third kappa shape index (κ3) is 3.21. The molecule has 6 heteroatoms. The molecular formula is C19H20N4O2. The number of benzene rings is 1. The first-order chi connectivity index (χ1) is 12.3. The smallest absolute Gasteiger partial charge is 0.164 e. The summed E-state index contributed by atoms with van der Waals surface area (Å²) in [6.07, 6.45) is 6.37. The van der Waals surface area contributed by atoms with Crippen molar-refractivity contribution >= 4 is 0 Å². The topological polar surface area (TPSA) is 72.1 Å². The molecular weight excluding hydrogens is 316 g/mol. The largest absolute Gasteiger partial charge is 0.493 e. The van der Waals surface area contributed by atoms with Crippen LogP contribution in [0.15, 0.2) is 48.9 Å². The molecule has 128 valence electrons. The highest BCUT2D eigenvalue weighted by molar-refractivity contribution is 5.61. The number of H-pyrrole nitrogens is 1. The van der Waals surface area contributed by atoms with Crippen LogP contribution in [-0.2, 0) is 13.0 Å². The Morgan fingerprint density at radius 2 is 2.24 bits per heavy atom. The van der Waals surface area contributed by atoms with Crippen molar-refractivity contribution in [3.05, 3.63) is 60.0 Å². The molecule has 0 saturated carbocycles. The third-order valence-electron chi connectivity index (χ3n) is 4.42. The predicted octanol–water partition coefficient (Wildman–Crippen LogP) is 2.57. The number of methoxy groups -OCH3 is 1. The number of pyridine rings is 1. The molecule has 0 bridgehead atoms. The van der Waals surface area contributed by atoms with Gasteiger partial charge < -0.3 is 14.8 Å². The minimum absolute atomic E-state index is 0.247. The van der Waals surface area contributed by atoms with Crippen molar-refractivity contribution in [3.63, 3.8) is 0 Å². The van der Waals surface area contributed by atoms with Crippen molar-refractivity contribution in [2.24, 2.45) is 0 Å². The Labute approximate surface area is 146 Å². The highest BCUT2D eigenvalue weighted by Gasteiger charge is 2.22. The molecule has 2 aromatic heterocycles. The van der Waals surface area contributed by atoms with Crippen molar-refractivity contribution < 1.29 is 9.47 Å². The Morgan fingerprint density at radius 3 is 3.08 bits per heavy atom. The molecule has 3 heterocycles. The molecule has 0 radical (unpaired) electrons. The van der Waals surface area contributed by atoms with Gasteiger partial charge in [-0.05, 0) is 30.2 Å². The monoisotopic (exact) mass is 336 g/mol. The lowest BCUT2D eigenvalue weighted by molar-refractivity contribution is 0.227. The minimum Gasteiger partial charge on any atom is -0.493 e. The molecule has 0 saturated heterocycles. The van der Waals surface area contributed by atoms with Gasteiger partial charge in [-0.1, -0.05) is 12.1 Å². The van der Waals surface area contributed by atoms with E-state index in [-0.39, 0.29) is 6.04 Å². The fraction of sp³-hybridized carbons (Fsp3) is 0.263. The SMILES string of the molecule is COc1cccc2c1OC[C@@H](NCc1cn[nH]c1-c1cccnc1)C2. The average molecular weight is 336 g/mol. The third-order valence-corrected chi connectivity index (χ3v) is 4.42. The standard InChI is InChI=1S/C19H20N4O2/c1-24-17-6-2-4-13-8-16(12-25-19(13)17)21-10-15-11-22-23-18(15)14-5-3-7-20-9-14/h2-7,9,11,16,21H,8,10,12H2,1H3,(H,22,23)/t16-/m0/s1. The number of aromatic amines is 1. The number of nitrogens with zero attached hydrogens (tertiary/aromatic N) is 2. The van der Waals surface area contributed by atoms with Crippen molar-refractivity contribution in [2.75, 3.05) is 13.7 Å². The van der Waals surface area contributed by atoms with Gasteiger partial charge in [-0.25, -0.2) is 0 Å². The van der Waals surface area contributed by atoms with Crippen molar-refractivity contribution in [1.82, 2.24) is 20.5 Å². The van der Waals surface area contributed by atoms with Crippen LogP contribution in [0.1, 0.15) is 11.1 Å². The van der Waals surface area contributed by atoms with E-state index < -0.39 is 0 Å². The van der Waals surface area contributed by atoms with Gasteiger partial charge in [0.15, 0.2) is 11.5 Å². The molecule has 1 aromatic carbocycles. The molecule has 25 heavy (non-hydrogen) atoms. The minimum atomic E-state index is 0.247. The van der Waals surface area contributed by atoms with Gasteiger partial charge in [0.1, 0.15) is 6.61 Å². The molecule has 2 N–H and O–H groups in total. The number of ether oxygens (including phenoxy) is 2. The van der Waals surface area contributed by atoms with E-state index >= 15 is 0 Å². The zero-order chi connectivity index (χ0) is 17.1. The first kappa shape index (κ1) is 15.7. The second-order valence-corrected chi connectivity index (χ2v) is 6.05. The number of aromatic nitrogens is 3. The van der Waals surface area contributed by atoms with Crippen LogP contribution in [0, 0.1) is 0 Å². The lowest BCUT2D eigenvalue weighted by atomic mass is 10.0. The van der Waals surface area contributed by atoms with E-state index in [2.05, 4.69) is 26.6 Å². The first-order valence-corrected chi connectivity index (χ1v) is 8.30. The summed E-state index contributed by atoms with van der Waals surface area (Å²) in [7, 11) is 1.67. The summed E-state index contributed by atoms with van der Waals surface area (Å²) in [5.74, 6) is 1.66. The number of hydrogen-bond donors (Lipinski definition) is 2. The van der Waals surface area contributed by atoms with Gasteiger partial charge in [-0.3, -0.25) is 10.1 Å². The van der Waals surface area contributed by atoms with E-state index in [4.69, 9.17) is 9.47 Å². The highest BCUT2D eigenvalue weighted by Crippen LogP contribution is 2.34. The van der Waals surface area contributed by atoms with Crippen LogP contribution in [0.5, 0.6) is 11.5 Å². The van der Waals surface area contributed by atoms with Gasteiger partial charge >= 0.3 is 0 Å². The number of nitrogens with one attached hydrogen (secondary N) is 2. The van der Waals surface area contributed by atoms with Gasteiger partial charge in [0.05, 0.1) is 19.0 Å². The van der Waals surface area contributed by atoms with Crippen LogP contribution in [0.4, 0.5) is 0 Å². The van der Waals surface area contributed by atoms with Crippen LogP contribution < -0.4 is 14.8 Å². The normalized spacial score (nSPS) is 16.1. The predicted molar refractivity (Wildman–Crippen MR) is 94.6 cm³/mol. The fourth-order valence-electron chi connectivity index (χ4n) is 3.15. The number of hydrogen-bond acceptors (Lipinski definition) is 5. The van der Waals surface area contributed by atoms with E-state index in [1.807, 2.05) is 36.7 Å². The molecule has 6 nitrogen and oxygen atoms in total. The summed E-state index contributed by atoms with van der Waals surface area (Å²) >= 11 is 0. The number of para-hydroxylation sites is 1. The zero-order valence-corrected chi connectivity index (χ0v) is 14.0. The van der Waals surface area contributed by atoms with Gasteiger partial charge in [-0.15, -0.1) is 0 Å². The number of fused-ring (bicyclic) bond motifs is 1. The molecule has 1 aliphatic rings.